The Morgan fingerprint density at radius 3 is 2.67 bits per heavy atom. The monoisotopic (exact) mass is 539 g/mol. The average molecular weight is 540 g/mol. The maximum Gasteiger partial charge on any atom is 0.262 e. The van der Waals surface area contributed by atoms with Crippen LogP contribution in [-0.2, 0) is 6.42 Å². The summed E-state index contributed by atoms with van der Waals surface area (Å²) in [5.74, 6) is 0.863. The summed E-state index contributed by atoms with van der Waals surface area (Å²) in [5, 5.41) is 1.54. The molecule has 1 aromatic carbocycles. The molecule has 186 valence electrons. The Kier molecular flexibility index (Phi) is 6.02. The minimum absolute atomic E-state index is 0.00111. The summed E-state index contributed by atoms with van der Waals surface area (Å²) in [4.78, 5) is 35.5. The third kappa shape index (κ3) is 3.91. The second-order valence-corrected chi connectivity index (χ2v) is 12.1. The fourth-order valence-electron chi connectivity index (χ4n) is 5.30. The lowest BCUT2D eigenvalue weighted by atomic mass is 9.74. The van der Waals surface area contributed by atoms with Crippen LogP contribution < -0.4 is 16.2 Å². The molecule has 3 aromatic heterocycles. The Labute approximate surface area is 222 Å². The number of nitrogens with zero attached hydrogens (tertiary/aromatic N) is 6. The van der Waals surface area contributed by atoms with Gasteiger partial charge in [-0.3, -0.25) is 9.36 Å². The van der Waals surface area contributed by atoms with E-state index in [1.54, 1.807) is 28.4 Å². The summed E-state index contributed by atoms with van der Waals surface area (Å²) in [7, 11) is 0. The Morgan fingerprint density at radius 1 is 1.17 bits per heavy atom. The third-order valence-electron chi connectivity index (χ3n) is 7.46. The van der Waals surface area contributed by atoms with Gasteiger partial charge < -0.3 is 10.6 Å². The molecule has 1 aliphatic carbocycles. The van der Waals surface area contributed by atoms with Gasteiger partial charge in [0.25, 0.3) is 5.56 Å². The molecular formula is C25H26ClN7OS2. The van der Waals surface area contributed by atoms with Crippen molar-refractivity contribution in [2.24, 2.45) is 11.1 Å². The van der Waals surface area contributed by atoms with Crippen LogP contribution in [0.1, 0.15) is 49.3 Å². The van der Waals surface area contributed by atoms with Gasteiger partial charge in [0.2, 0.25) is 0 Å². The zero-order valence-electron chi connectivity index (χ0n) is 20.0. The van der Waals surface area contributed by atoms with Crippen molar-refractivity contribution in [3.63, 3.8) is 0 Å². The number of thiazole rings is 1. The van der Waals surface area contributed by atoms with Crippen LogP contribution in [0.4, 0.5) is 5.82 Å². The maximum absolute atomic E-state index is 13.0. The van der Waals surface area contributed by atoms with Crippen molar-refractivity contribution >= 4 is 51.4 Å². The van der Waals surface area contributed by atoms with Gasteiger partial charge in [0.15, 0.2) is 0 Å². The first-order chi connectivity index (χ1) is 17.4. The molecule has 6 rings (SSSR count). The predicted octanol–water partition coefficient (Wildman–Crippen LogP) is 4.87. The van der Waals surface area contributed by atoms with Crippen molar-refractivity contribution in [2.75, 3.05) is 18.0 Å². The lowest BCUT2D eigenvalue weighted by molar-refractivity contribution is 0.187. The number of hydrogen-bond acceptors (Lipinski definition) is 9. The summed E-state index contributed by atoms with van der Waals surface area (Å²) in [6.45, 7) is 5.68. The highest BCUT2D eigenvalue weighted by Gasteiger charge is 2.47. The quantitative estimate of drug-likeness (QED) is 0.392. The number of aromatic nitrogens is 5. The van der Waals surface area contributed by atoms with Crippen LogP contribution in [0.15, 0.2) is 51.1 Å². The molecule has 0 unspecified atom stereocenters. The van der Waals surface area contributed by atoms with E-state index in [-0.39, 0.29) is 23.1 Å². The van der Waals surface area contributed by atoms with Gasteiger partial charge in [-0.25, -0.2) is 19.9 Å². The molecule has 0 bridgehead atoms. The van der Waals surface area contributed by atoms with Crippen molar-refractivity contribution in [3.8, 4) is 0 Å². The number of fused-ring (bicyclic) bond motifs is 2. The second-order valence-electron chi connectivity index (χ2n) is 9.80. The van der Waals surface area contributed by atoms with E-state index in [0.29, 0.717) is 15.9 Å². The van der Waals surface area contributed by atoms with E-state index in [1.165, 1.54) is 22.3 Å². The molecule has 11 heteroatoms. The van der Waals surface area contributed by atoms with Crippen LogP contribution in [0.5, 0.6) is 0 Å². The topological polar surface area (TPSA) is 103 Å². The number of hydrogen-bond donors (Lipinski definition) is 1. The fourth-order valence-corrected chi connectivity index (χ4v) is 7.37. The van der Waals surface area contributed by atoms with Gasteiger partial charge in [0.1, 0.15) is 10.8 Å². The highest BCUT2D eigenvalue weighted by molar-refractivity contribution is 7.99. The summed E-state index contributed by atoms with van der Waals surface area (Å²) < 4.78 is 1.59. The SMILES string of the molecule is CC(C)n1cnc2ccc(Sc3cnc(N4CCC5(CC4)Cc4ncsc4[C@H]5N)cn3)c(Cl)c2c1=O. The van der Waals surface area contributed by atoms with Crippen molar-refractivity contribution < 1.29 is 0 Å². The van der Waals surface area contributed by atoms with Crippen LogP contribution in [0.25, 0.3) is 10.9 Å². The molecule has 36 heavy (non-hydrogen) atoms. The molecule has 2 aliphatic rings. The number of benzene rings is 1. The largest absolute Gasteiger partial charge is 0.355 e. The van der Waals surface area contributed by atoms with Gasteiger partial charge in [-0.15, -0.1) is 11.3 Å². The molecule has 1 fully saturated rings. The van der Waals surface area contributed by atoms with Gasteiger partial charge >= 0.3 is 0 Å². The number of nitrogens with two attached hydrogens (primary N) is 1. The third-order valence-corrected chi connectivity index (χ3v) is 9.90. The van der Waals surface area contributed by atoms with Crippen LogP contribution >= 0.6 is 34.7 Å². The Morgan fingerprint density at radius 2 is 1.97 bits per heavy atom. The molecule has 1 saturated heterocycles. The lowest BCUT2D eigenvalue weighted by Gasteiger charge is -2.42. The first-order valence-electron chi connectivity index (χ1n) is 12.0. The average Bonchev–Trinajstić information content (AvgIpc) is 3.42. The van der Waals surface area contributed by atoms with Gasteiger partial charge in [0.05, 0.1) is 45.9 Å². The van der Waals surface area contributed by atoms with E-state index >= 15 is 0 Å². The van der Waals surface area contributed by atoms with Crippen molar-refractivity contribution in [2.45, 2.75) is 55.1 Å². The molecule has 0 amide bonds. The molecule has 2 N–H and O–H groups in total. The lowest BCUT2D eigenvalue weighted by Crippen LogP contribution is -2.44. The number of anilines is 1. The van der Waals surface area contributed by atoms with E-state index in [9.17, 15) is 4.79 Å². The van der Waals surface area contributed by atoms with E-state index in [1.807, 2.05) is 37.7 Å². The standard InChI is InChI=1S/C25H26ClN7OS2/c1-14(2)33-12-30-15-3-4-17(21(26)20(15)24(33)34)36-19-11-28-18(10-29-19)32-7-5-25(6-8-32)9-16-22(23(25)27)35-13-31-16/h3-4,10-14,23H,5-9,27H2,1-2H3/t23-/m1/s1. The van der Waals surface area contributed by atoms with Crippen molar-refractivity contribution in [1.82, 2.24) is 24.5 Å². The first kappa shape index (κ1) is 23.8. The van der Waals surface area contributed by atoms with E-state index in [4.69, 9.17) is 17.3 Å². The zero-order valence-corrected chi connectivity index (χ0v) is 22.4. The number of halogens is 1. The van der Waals surface area contributed by atoms with Crippen LogP contribution in [0.3, 0.4) is 0 Å². The normalized spacial score (nSPS) is 18.9. The van der Waals surface area contributed by atoms with Crippen molar-refractivity contribution in [3.05, 3.63) is 62.3 Å². The summed E-state index contributed by atoms with van der Waals surface area (Å²) in [5.41, 5.74) is 10.3. The minimum atomic E-state index is -0.139. The van der Waals surface area contributed by atoms with Crippen LogP contribution in [0, 0.1) is 5.41 Å². The summed E-state index contributed by atoms with van der Waals surface area (Å²) >= 11 is 9.76. The van der Waals surface area contributed by atoms with Gasteiger partial charge in [0, 0.05) is 34.9 Å². The Bertz CT molecular complexity index is 1490. The summed E-state index contributed by atoms with van der Waals surface area (Å²) in [6.07, 6.45) is 8.17. The second kappa shape index (κ2) is 9.09. The molecule has 1 atom stereocenters. The Hall–Kier alpha value is -2.53. The highest BCUT2D eigenvalue weighted by atomic mass is 35.5. The van der Waals surface area contributed by atoms with Gasteiger partial charge in [-0.2, -0.15) is 0 Å². The number of rotatable bonds is 4. The van der Waals surface area contributed by atoms with Gasteiger partial charge in [-0.1, -0.05) is 23.4 Å². The molecule has 1 spiro atoms. The summed E-state index contributed by atoms with van der Waals surface area (Å²) in [6, 6.07) is 3.78. The van der Waals surface area contributed by atoms with Crippen LogP contribution in [0.2, 0.25) is 5.02 Å². The van der Waals surface area contributed by atoms with E-state index in [0.717, 1.165) is 48.1 Å². The van der Waals surface area contributed by atoms with E-state index < -0.39 is 0 Å². The van der Waals surface area contributed by atoms with Crippen molar-refractivity contribution in [1.29, 1.82) is 0 Å². The zero-order chi connectivity index (χ0) is 25.0. The molecule has 8 nitrogen and oxygen atoms in total. The molecule has 4 heterocycles. The molecule has 1 aliphatic heterocycles. The molecule has 0 radical (unpaired) electrons. The molecule has 0 saturated carbocycles. The minimum Gasteiger partial charge on any atom is -0.355 e. The molecular weight excluding hydrogens is 514 g/mol. The van der Waals surface area contributed by atoms with Crippen LogP contribution in [-0.4, -0.2) is 37.6 Å². The fraction of sp³-hybridized carbons (Fsp3) is 0.400. The Balaban J connectivity index is 1.17. The molecule has 4 aromatic rings. The van der Waals surface area contributed by atoms with Gasteiger partial charge in [-0.05, 0) is 50.7 Å². The smallest absolute Gasteiger partial charge is 0.262 e. The van der Waals surface area contributed by atoms with E-state index in [2.05, 4.69) is 24.8 Å². The highest BCUT2D eigenvalue weighted by Crippen LogP contribution is 2.51. The maximum atomic E-state index is 13.0. The first-order valence-corrected chi connectivity index (χ1v) is 14.1. The number of piperidine rings is 1. The predicted molar refractivity (Wildman–Crippen MR) is 144 cm³/mol.